The maximum atomic E-state index is 12.2. The molecule has 0 aliphatic rings. The normalized spacial score (nSPS) is 13.3. The zero-order valence-electron chi connectivity index (χ0n) is 14.9. The van der Waals surface area contributed by atoms with Crippen LogP contribution in [-0.4, -0.2) is 41.9 Å². The number of carbonyl (C=O) groups is 1. The van der Waals surface area contributed by atoms with E-state index in [4.69, 9.17) is 10.6 Å². The summed E-state index contributed by atoms with van der Waals surface area (Å²) in [6.07, 6.45) is 0.624. The molecule has 0 radical (unpaired) electrons. The molecule has 2 atom stereocenters. The summed E-state index contributed by atoms with van der Waals surface area (Å²) in [6.45, 7) is 2.07. The molecule has 25 heavy (non-hydrogen) atoms. The molecule has 132 valence electrons. The van der Waals surface area contributed by atoms with Gasteiger partial charge in [0.2, 0.25) is 0 Å². The van der Waals surface area contributed by atoms with Crippen LogP contribution in [0.2, 0.25) is 0 Å². The highest BCUT2D eigenvalue weighted by Gasteiger charge is 2.23. The van der Waals surface area contributed by atoms with Crippen LogP contribution in [0.5, 0.6) is 0 Å². The Kier molecular flexibility index (Phi) is 6.44. The van der Waals surface area contributed by atoms with Gasteiger partial charge in [-0.15, -0.1) is 0 Å². The molecule has 0 heterocycles. The molecule has 1 amide bonds. The molecule has 0 aliphatic heterocycles. The lowest BCUT2D eigenvalue weighted by Gasteiger charge is -2.21. The number of amides is 1. The van der Waals surface area contributed by atoms with Crippen LogP contribution in [0, 0.1) is 5.41 Å². The van der Waals surface area contributed by atoms with Crippen LogP contribution < -0.4 is 5.48 Å². The van der Waals surface area contributed by atoms with Crippen molar-refractivity contribution in [2.45, 2.75) is 25.3 Å². The molecule has 0 saturated heterocycles. The van der Waals surface area contributed by atoms with Crippen molar-refractivity contribution in [2.24, 2.45) is 0 Å². The minimum absolute atomic E-state index is 0.252. The standard InChI is InChI=1S/C20H25N3O2/c1-14(23(2)3)12-18(21)16-10-7-11-17(13-16)19(20(24)22-25)15-8-5-4-6-9-15/h4-11,13-14,19,21,25H,12H2,1-3H3,(H,22,24). The van der Waals surface area contributed by atoms with Gasteiger partial charge in [-0.3, -0.25) is 10.0 Å². The van der Waals surface area contributed by atoms with E-state index in [0.717, 1.165) is 16.7 Å². The molecule has 5 nitrogen and oxygen atoms in total. The maximum Gasteiger partial charge on any atom is 0.255 e. The smallest absolute Gasteiger partial charge is 0.255 e. The van der Waals surface area contributed by atoms with E-state index < -0.39 is 11.8 Å². The summed E-state index contributed by atoms with van der Waals surface area (Å²) in [5.41, 5.74) is 4.61. The molecule has 0 spiro atoms. The molecule has 0 bridgehead atoms. The Morgan fingerprint density at radius 3 is 2.36 bits per heavy atom. The van der Waals surface area contributed by atoms with Gasteiger partial charge in [-0.25, -0.2) is 5.48 Å². The fourth-order valence-corrected chi connectivity index (χ4v) is 2.71. The van der Waals surface area contributed by atoms with Crippen LogP contribution in [0.4, 0.5) is 0 Å². The van der Waals surface area contributed by atoms with Crippen molar-refractivity contribution in [1.82, 2.24) is 10.4 Å². The van der Waals surface area contributed by atoms with Gasteiger partial charge in [-0.1, -0.05) is 48.5 Å². The van der Waals surface area contributed by atoms with E-state index in [2.05, 4.69) is 11.8 Å². The second kappa shape index (κ2) is 8.55. The van der Waals surface area contributed by atoms with E-state index in [1.165, 1.54) is 0 Å². The third-order valence-corrected chi connectivity index (χ3v) is 4.45. The lowest BCUT2D eigenvalue weighted by atomic mass is 9.88. The average Bonchev–Trinajstić information content (AvgIpc) is 2.62. The molecule has 2 rings (SSSR count). The number of hydrogen-bond donors (Lipinski definition) is 3. The van der Waals surface area contributed by atoms with Crippen molar-refractivity contribution >= 4 is 11.6 Å². The number of nitrogens with one attached hydrogen (secondary N) is 2. The summed E-state index contributed by atoms with van der Waals surface area (Å²) < 4.78 is 0. The Labute approximate surface area is 148 Å². The second-order valence-corrected chi connectivity index (χ2v) is 6.44. The largest absolute Gasteiger partial charge is 0.306 e. The van der Waals surface area contributed by atoms with E-state index in [-0.39, 0.29) is 6.04 Å². The van der Waals surface area contributed by atoms with Gasteiger partial charge in [0.1, 0.15) is 0 Å². The molecule has 2 aromatic rings. The van der Waals surface area contributed by atoms with Gasteiger partial charge in [0.25, 0.3) is 5.91 Å². The van der Waals surface area contributed by atoms with Gasteiger partial charge >= 0.3 is 0 Å². The molecule has 2 aromatic carbocycles. The zero-order valence-corrected chi connectivity index (χ0v) is 14.9. The maximum absolute atomic E-state index is 12.2. The van der Waals surface area contributed by atoms with Crippen LogP contribution in [0.15, 0.2) is 54.6 Å². The van der Waals surface area contributed by atoms with E-state index in [9.17, 15) is 4.79 Å². The van der Waals surface area contributed by atoms with Gasteiger partial charge in [0.05, 0.1) is 5.92 Å². The molecular formula is C20H25N3O2. The molecule has 0 saturated carbocycles. The Morgan fingerprint density at radius 2 is 1.76 bits per heavy atom. The van der Waals surface area contributed by atoms with E-state index >= 15 is 0 Å². The van der Waals surface area contributed by atoms with Gasteiger partial charge in [-0.05, 0) is 43.8 Å². The number of rotatable bonds is 7. The van der Waals surface area contributed by atoms with Crippen molar-refractivity contribution in [3.8, 4) is 0 Å². The van der Waals surface area contributed by atoms with Crippen molar-refractivity contribution in [1.29, 1.82) is 5.41 Å². The Balaban J connectivity index is 2.34. The molecule has 0 aliphatic carbocycles. The van der Waals surface area contributed by atoms with Gasteiger partial charge in [0.15, 0.2) is 0 Å². The van der Waals surface area contributed by atoms with E-state index in [0.29, 0.717) is 12.1 Å². The van der Waals surface area contributed by atoms with Crippen LogP contribution in [0.1, 0.15) is 36.0 Å². The predicted octanol–water partition coefficient (Wildman–Crippen LogP) is 3.03. The first kappa shape index (κ1) is 18.8. The monoisotopic (exact) mass is 339 g/mol. The number of carbonyl (C=O) groups excluding carboxylic acids is 1. The first-order valence-corrected chi connectivity index (χ1v) is 8.27. The molecular weight excluding hydrogens is 314 g/mol. The molecule has 2 unspecified atom stereocenters. The van der Waals surface area contributed by atoms with Crippen molar-refractivity contribution in [3.63, 3.8) is 0 Å². The first-order chi connectivity index (χ1) is 11.9. The molecule has 3 N–H and O–H groups in total. The average molecular weight is 339 g/mol. The molecule has 0 fully saturated rings. The Hall–Kier alpha value is -2.50. The first-order valence-electron chi connectivity index (χ1n) is 8.27. The van der Waals surface area contributed by atoms with Crippen molar-refractivity contribution in [3.05, 3.63) is 71.3 Å². The highest BCUT2D eigenvalue weighted by Crippen LogP contribution is 2.26. The van der Waals surface area contributed by atoms with Crippen LogP contribution >= 0.6 is 0 Å². The highest BCUT2D eigenvalue weighted by atomic mass is 16.5. The van der Waals surface area contributed by atoms with Crippen LogP contribution in [0.3, 0.4) is 0 Å². The highest BCUT2D eigenvalue weighted by molar-refractivity contribution is 5.99. The van der Waals surface area contributed by atoms with Crippen LogP contribution in [-0.2, 0) is 4.79 Å². The third kappa shape index (κ3) is 4.75. The number of hydroxylamine groups is 1. The molecule has 5 heteroatoms. The van der Waals surface area contributed by atoms with Gasteiger partial charge in [0, 0.05) is 18.2 Å². The van der Waals surface area contributed by atoms with E-state index in [1.807, 2.05) is 68.7 Å². The fourth-order valence-electron chi connectivity index (χ4n) is 2.71. The summed E-state index contributed by atoms with van der Waals surface area (Å²) >= 11 is 0. The summed E-state index contributed by atoms with van der Waals surface area (Å²) in [5, 5.41) is 17.5. The minimum atomic E-state index is -0.620. The van der Waals surface area contributed by atoms with Gasteiger partial charge < -0.3 is 10.3 Å². The number of benzene rings is 2. The summed E-state index contributed by atoms with van der Waals surface area (Å²) in [6, 6.07) is 17.0. The Bertz CT molecular complexity index is 729. The minimum Gasteiger partial charge on any atom is -0.306 e. The lowest BCUT2D eigenvalue weighted by Crippen LogP contribution is -2.28. The second-order valence-electron chi connectivity index (χ2n) is 6.44. The Morgan fingerprint density at radius 1 is 1.12 bits per heavy atom. The summed E-state index contributed by atoms with van der Waals surface area (Å²) in [5.74, 6) is -1.11. The third-order valence-electron chi connectivity index (χ3n) is 4.45. The van der Waals surface area contributed by atoms with Crippen molar-refractivity contribution in [2.75, 3.05) is 14.1 Å². The predicted molar refractivity (Wildman–Crippen MR) is 99.3 cm³/mol. The SMILES string of the molecule is CC(CC(=N)c1cccc(C(C(=O)NO)c2ccccc2)c1)N(C)C. The van der Waals surface area contributed by atoms with Crippen molar-refractivity contribution < 1.29 is 10.0 Å². The number of hydrogen-bond acceptors (Lipinski definition) is 4. The zero-order chi connectivity index (χ0) is 18.4. The van der Waals surface area contributed by atoms with E-state index in [1.54, 1.807) is 5.48 Å². The lowest BCUT2D eigenvalue weighted by molar-refractivity contribution is -0.129. The van der Waals surface area contributed by atoms with Crippen LogP contribution in [0.25, 0.3) is 0 Å². The summed E-state index contributed by atoms with van der Waals surface area (Å²) in [7, 11) is 3.98. The molecule has 0 aromatic heterocycles. The number of nitrogens with zero attached hydrogens (tertiary/aromatic N) is 1. The fraction of sp³-hybridized carbons (Fsp3) is 0.300. The van der Waals surface area contributed by atoms with Gasteiger partial charge in [-0.2, -0.15) is 0 Å². The quantitative estimate of drug-likeness (QED) is 0.412. The summed E-state index contributed by atoms with van der Waals surface area (Å²) in [4.78, 5) is 14.3. The topological polar surface area (TPSA) is 76.4 Å².